The molecule has 2 unspecified atom stereocenters. The summed E-state index contributed by atoms with van der Waals surface area (Å²) in [6.45, 7) is 0. The molecule has 2 amide bonds. The Kier molecular flexibility index (Phi) is 5.39. The van der Waals surface area contributed by atoms with Crippen molar-refractivity contribution in [2.24, 2.45) is 23.5 Å². The maximum atomic E-state index is 12.8. The number of pyridine rings is 1. The summed E-state index contributed by atoms with van der Waals surface area (Å²) in [6, 6.07) is 10.7. The smallest absolute Gasteiger partial charge is 0.255 e. The van der Waals surface area contributed by atoms with E-state index in [9.17, 15) is 9.59 Å². The monoisotopic (exact) mass is 378 g/mol. The van der Waals surface area contributed by atoms with Crippen LogP contribution < -0.4 is 16.4 Å². The van der Waals surface area contributed by atoms with Crippen molar-refractivity contribution in [2.75, 3.05) is 10.6 Å². The number of rotatable bonds is 4. The predicted molar refractivity (Wildman–Crippen MR) is 109 cm³/mol. The Labute approximate surface area is 164 Å². The maximum absolute atomic E-state index is 12.8. The van der Waals surface area contributed by atoms with Crippen molar-refractivity contribution >= 4 is 23.2 Å². The Morgan fingerprint density at radius 1 is 0.964 bits per heavy atom. The first-order valence-electron chi connectivity index (χ1n) is 9.98. The van der Waals surface area contributed by atoms with Gasteiger partial charge in [-0.2, -0.15) is 0 Å². The Hall–Kier alpha value is -2.73. The van der Waals surface area contributed by atoms with Crippen LogP contribution in [0.25, 0.3) is 0 Å². The van der Waals surface area contributed by atoms with Crippen LogP contribution in [-0.4, -0.2) is 22.8 Å². The highest BCUT2D eigenvalue weighted by Crippen LogP contribution is 2.42. The standard InChI is InChI=1S/C22H26N4O2/c23-20-14-3-1-4-15(20)12-17(11-14)22(28)26-19-6-2-5-16(13-19)21(27)25-18-7-9-24-10-8-18/h2,5-10,13-15,17,20H,1,3-4,11-12,23H2,(H,26,28)(H,24,25,27). The second kappa shape index (κ2) is 8.10. The number of nitrogens with two attached hydrogens (primary N) is 1. The molecule has 0 aliphatic heterocycles. The van der Waals surface area contributed by atoms with Crippen LogP contribution >= 0.6 is 0 Å². The molecular formula is C22H26N4O2. The van der Waals surface area contributed by atoms with Gasteiger partial charge >= 0.3 is 0 Å². The van der Waals surface area contributed by atoms with E-state index >= 15 is 0 Å². The van der Waals surface area contributed by atoms with Gasteiger partial charge in [0.1, 0.15) is 0 Å². The number of anilines is 2. The van der Waals surface area contributed by atoms with Crippen LogP contribution in [0.4, 0.5) is 11.4 Å². The second-order valence-corrected chi connectivity index (χ2v) is 7.96. The summed E-state index contributed by atoms with van der Waals surface area (Å²) in [5, 5.41) is 5.83. The van der Waals surface area contributed by atoms with E-state index in [4.69, 9.17) is 5.73 Å². The van der Waals surface area contributed by atoms with E-state index in [1.165, 1.54) is 6.42 Å². The molecule has 1 aromatic carbocycles. The number of fused-ring (bicyclic) bond motifs is 2. The van der Waals surface area contributed by atoms with Gasteiger partial charge in [-0.15, -0.1) is 0 Å². The third kappa shape index (κ3) is 4.07. The molecule has 2 saturated carbocycles. The van der Waals surface area contributed by atoms with Crippen LogP contribution in [0.5, 0.6) is 0 Å². The van der Waals surface area contributed by atoms with Gasteiger partial charge in [0, 0.05) is 41.3 Å². The molecule has 0 radical (unpaired) electrons. The average molecular weight is 378 g/mol. The average Bonchev–Trinajstić information content (AvgIpc) is 2.68. The fourth-order valence-corrected chi connectivity index (χ4v) is 4.62. The summed E-state index contributed by atoms with van der Waals surface area (Å²) >= 11 is 0. The molecule has 0 spiro atoms. The van der Waals surface area contributed by atoms with Crippen LogP contribution in [0.2, 0.25) is 0 Å². The molecular weight excluding hydrogens is 352 g/mol. The van der Waals surface area contributed by atoms with E-state index in [1.807, 2.05) is 6.07 Å². The van der Waals surface area contributed by atoms with Gasteiger partial charge in [-0.3, -0.25) is 14.6 Å². The molecule has 2 bridgehead atoms. The van der Waals surface area contributed by atoms with Crippen LogP contribution in [0.1, 0.15) is 42.5 Å². The number of hydrogen-bond acceptors (Lipinski definition) is 4. The van der Waals surface area contributed by atoms with Crippen LogP contribution in [0.15, 0.2) is 48.8 Å². The van der Waals surface area contributed by atoms with Crippen molar-refractivity contribution in [3.63, 3.8) is 0 Å². The topological polar surface area (TPSA) is 97.1 Å². The molecule has 0 saturated heterocycles. The van der Waals surface area contributed by atoms with Gasteiger partial charge in [-0.25, -0.2) is 0 Å². The van der Waals surface area contributed by atoms with Gasteiger partial charge < -0.3 is 16.4 Å². The first kappa shape index (κ1) is 18.6. The van der Waals surface area contributed by atoms with E-state index in [-0.39, 0.29) is 23.8 Å². The zero-order chi connectivity index (χ0) is 19.5. The Bertz CT molecular complexity index is 841. The molecule has 4 rings (SSSR count). The molecule has 146 valence electrons. The van der Waals surface area contributed by atoms with E-state index in [1.54, 1.807) is 42.7 Å². The second-order valence-electron chi connectivity index (χ2n) is 7.96. The quantitative estimate of drug-likeness (QED) is 0.759. The molecule has 2 atom stereocenters. The summed E-state index contributed by atoms with van der Waals surface area (Å²) in [4.78, 5) is 29.2. The molecule has 6 heteroatoms. The molecule has 1 aromatic heterocycles. The zero-order valence-electron chi connectivity index (χ0n) is 15.8. The van der Waals surface area contributed by atoms with Crippen molar-refractivity contribution in [3.05, 3.63) is 54.4 Å². The van der Waals surface area contributed by atoms with Gasteiger partial charge in [0.2, 0.25) is 5.91 Å². The number of aromatic nitrogens is 1. The van der Waals surface area contributed by atoms with Gasteiger partial charge in [0.25, 0.3) is 5.91 Å². The van der Waals surface area contributed by atoms with Crippen molar-refractivity contribution < 1.29 is 9.59 Å². The summed E-state index contributed by atoms with van der Waals surface area (Å²) in [5.74, 6) is 0.738. The predicted octanol–water partition coefficient (Wildman–Crippen LogP) is 3.43. The number of benzene rings is 1. The maximum Gasteiger partial charge on any atom is 0.255 e. The fraction of sp³-hybridized carbons (Fsp3) is 0.409. The minimum atomic E-state index is -0.222. The minimum Gasteiger partial charge on any atom is -0.327 e. The van der Waals surface area contributed by atoms with Gasteiger partial charge in [-0.1, -0.05) is 12.5 Å². The highest BCUT2D eigenvalue weighted by Gasteiger charge is 2.40. The van der Waals surface area contributed by atoms with Gasteiger partial charge in [0.15, 0.2) is 0 Å². The number of nitrogens with zero attached hydrogens (tertiary/aromatic N) is 1. The zero-order valence-corrected chi connectivity index (χ0v) is 15.8. The van der Waals surface area contributed by atoms with Crippen molar-refractivity contribution in [2.45, 2.75) is 38.1 Å². The lowest BCUT2D eigenvalue weighted by molar-refractivity contribution is -0.122. The van der Waals surface area contributed by atoms with Crippen LogP contribution in [0, 0.1) is 17.8 Å². The number of amides is 2. The third-order valence-electron chi connectivity index (χ3n) is 6.11. The van der Waals surface area contributed by atoms with E-state index < -0.39 is 0 Å². The SMILES string of the molecule is NC1C2CCCC1CC(C(=O)Nc1cccc(C(=O)Nc3ccncc3)c1)C2. The van der Waals surface area contributed by atoms with Crippen molar-refractivity contribution in [1.82, 2.24) is 4.98 Å². The lowest BCUT2D eigenvalue weighted by atomic mass is 9.65. The van der Waals surface area contributed by atoms with E-state index in [2.05, 4.69) is 15.6 Å². The summed E-state index contributed by atoms with van der Waals surface area (Å²) in [6.07, 6.45) is 8.47. The molecule has 2 aromatic rings. The number of hydrogen-bond donors (Lipinski definition) is 3. The largest absolute Gasteiger partial charge is 0.327 e. The number of carbonyl (C=O) groups is 2. The summed E-state index contributed by atoms with van der Waals surface area (Å²) < 4.78 is 0. The first-order chi connectivity index (χ1) is 13.6. The summed E-state index contributed by atoms with van der Waals surface area (Å²) in [5.41, 5.74) is 8.16. The van der Waals surface area contributed by atoms with Crippen molar-refractivity contribution in [1.29, 1.82) is 0 Å². The molecule has 2 fully saturated rings. The minimum absolute atomic E-state index is 0.00408. The van der Waals surface area contributed by atoms with E-state index in [0.717, 1.165) is 25.7 Å². The highest BCUT2D eigenvalue weighted by atomic mass is 16.2. The van der Waals surface area contributed by atoms with E-state index in [0.29, 0.717) is 28.8 Å². The highest BCUT2D eigenvalue weighted by molar-refractivity contribution is 6.05. The van der Waals surface area contributed by atoms with Crippen LogP contribution in [0.3, 0.4) is 0 Å². The number of carbonyl (C=O) groups excluding carboxylic acids is 2. The number of nitrogens with one attached hydrogen (secondary N) is 2. The molecule has 2 aliphatic carbocycles. The van der Waals surface area contributed by atoms with Crippen molar-refractivity contribution in [3.8, 4) is 0 Å². The Morgan fingerprint density at radius 2 is 1.68 bits per heavy atom. The molecule has 2 aliphatic rings. The van der Waals surface area contributed by atoms with Gasteiger partial charge in [0.05, 0.1) is 0 Å². The summed E-state index contributed by atoms with van der Waals surface area (Å²) in [7, 11) is 0. The molecule has 4 N–H and O–H groups in total. The lowest BCUT2D eigenvalue weighted by Crippen LogP contribution is -2.48. The first-order valence-corrected chi connectivity index (χ1v) is 9.98. The Morgan fingerprint density at radius 3 is 2.39 bits per heavy atom. The van der Waals surface area contributed by atoms with Crippen LogP contribution in [-0.2, 0) is 4.79 Å². The Balaban J connectivity index is 1.40. The van der Waals surface area contributed by atoms with Gasteiger partial charge in [-0.05, 0) is 67.9 Å². The lowest BCUT2D eigenvalue weighted by Gasteiger charge is -2.43. The third-order valence-corrected chi connectivity index (χ3v) is 6.11. The molecule has 28 heavy (non-hydrogen) atoms. The molecule has 6 nitrogen and oxygen atoms in total. The molecule has 1 heterocycles. The fourth-order valence-electron chi connectivity index (χ4n) is 4.62. The normalized spacial score (nSPS) is 26.3.